The van der Waals surface area contributed by atoms with Crippen LogP contribution in [0.4, 0.5) is 0 Å². The lowest BCUT2D eigenvalue weighted by Crippen LogP contribution is -2.35. The Morgan fingerprint density at radius 2 is 2.23 bits per heavy atom. The summed E-state index contributed by atoms with van der Waals surface area (Å²) in [5, 5.41) is 3.48. The molecular formula is C11H19NO. The lowest BCUT2D eigenvalue weighted by atomic mass is 9.98. The predicted molar refractivity (Wildman–Crippen MR) is 54.7 cm³/mol. The first-order valence-electron chi connectivity index (χ1n) is 4.98. The van der Waals surface area contributed by atoms with Crippen LogP contribution >= 0.6 is 0 Å². The molecule has 0 spiro atoms. The fraction of sp³-hybridized carbons (Fsp3) is 0.636. The molecule has 0 amide bonds. The first kappa shape index (κ1) is 10.3. The van der Waals surface area contributed by atoms with E-state index in [0.717, 1.165) is 13.0 Å². The van der Waals surface area contributed by atoms with Crippen LogP contribution in [0.1, 0.15) is 26.3 Å². The molecule has 0 saturated carbocycles. The Balaban J connectivity index is 2.47. The molecule has 74 valence electrons. The maximum absolute atomic E-state index is 5.05. The van der Waals surface area contributed by atoms with Crippen LogP contribution in [0.2, 0.25) is 0 Å². The molecule has 2 heteroatoms. The number of furan rings is 1. The largest absolute Gasteiger partial charge is 0.472 e. The van der Waals surface area contributed by atoms with Gasteiger partial charge in [-0.25, -0.2) is 0 Å². The molecule has 0 aliphatic heterocycles. The number of likely N-dealkylation sites (N-methyl/N-ethyl adjacent to an activating group) is 1. The molecule has 0 saturated heterocycles. The van der Waals surface area contributed by atoms with Gasteiger partial charge in [0, 0.05) is 6.04 Å². The Morgan fingerprint density at radius 3 is 2.69 bits per heavy atom. The Morgan fingerprint density at radius 1 is 1.46 bits per heavy atom. The Labute approximate surface area is 80.3 Å². The summed E-state index contributed by atoms with van der Waals surface area (Å²) < 4.78 is 5.05. The van der Waals surface area contributed by atoms with Gasteiger partial charge in [0.25, 0.3) is 0 Å². The van der Waals surface area contributed by atoms with E-state index in [0.29, 0.717) is 12.0 Å². The van der Waals surface area contributed by atoms with E-state index in [1.165, 1.54) is 5.56 Å². The third-order valence-electron chi connectivity index (χ3n) is 2.31. The standard InChI is InChI=1S/C11H19NO/c1-4-12-11(9(2)3)7-10-5-6-13-8-10/h5-6,8-9,11-12H,4,7H2,1-3H3. The zero-order valence-corrected chi connectivity index (χ0v) is 8.71. The quantitative estimate of drug-likeness (QED) is 0.754. The second kappa shape index (κ2) is 5.07. The minimum atomic E-state index is 0.558. The Bertz CT molecular complexity index is 216. The van der Waals surface area contributed by atoms with Gasteiger partial charge in [-0.15, -0.1) is 0 Å². The maximum Gasteiger partial charge on any atom is 0.0935 e. The third kappa shape index (κ3) is 3.23. The van der Waals surface area contributed by atoms with E-state index < -0.39 is 0 Å². The first-order chi connectivity index (χ1) is 6.24. The van der Waals surface area contributed by atoms with E-state index in [1.54, 1.807) is 6.26 Å². The number of rotatable bonds is 5. The van der Waals surface area contributed by atoms with Gasteiger partial charge in [-0.1, -0.05) is 20.8 Å². The highest BCUT2D eigenvalue weighted by atomic mass is 16.3. The molecule has 0 bridgehead atoms. The van der Waals surface area contributed by atoms with Crippen LogP contribution in [0.3, 0.4) is 0 Å². The summed E-state index contributed by atoms with van der Waals surface area (Å²) in [6.07, 6.45) is 4.62. The van der Waals surface area contributed by atoms with Gasteiger partial charge >= 0.3 is 0 Å². The zero-order chi connectivity index (χ0) is 9.68. The lowest BCUT2D eigenvalue weighted by molar-refractivity contribution is 0.404. The summed E-state index contributed by atoms with van der Waals surface area (Å²) in [5.41, 5.74) is 1.28. The van der Waals surface area contributed by atoms with Crippen molar-refractivity contribution in [2.75, 3.05) is 6.54 Å². The fourth-order valence-corrected chi connectivity index (χ4v) is 1.47. The molecular weight excluding hydrogens is 162 g/mol. The van der Waals surface area contributed by atoms with Crippen LogP contribution in [-0.2, 0) is 6.42 Å². The predicted octanol–water partition coefficient (Wildman–Crippen LogP) is 2.46. The van der Waals surface area contributed by atoms with Gasteiger partial charge in [0.15, 0.2) is 0 Å². The molecule has 0 aliphatic carbocycles. The van der Waals surface area contributed by atoms with Crippen molar-refractivity contribution in [3.05, 3.63) is 24.2 Å². The second-order valence-electron chi connectivity index (χ2n) is 3.74. The molecule has 0 aromatic carbocycles. The summed E-state index contributed by atoms with van der Waals surface area (Å²) >= 11 is 0. The molecule has 0 radical (unpaired) electrons. The van der Waals surface area contributed by atoms with Crippen molar-refractivity contribution in [3.8, 4) is 0 Å². The molecule has 1 rings (SSSR count). The van der Waals surface area contributed by atoms with Crippen LogP contribution in [0.15, 0.2) is 23.0 Å². The zero-order valence-electron chi connectivity index (χ0n) is 8.71. The normalized spacial score (nSPS) is 13.5. The van der Waals surface area contributed by atoms with Crippen LogP contribution in [-0.4, -0.2) is 12.6 Å². The molecule has 2 nitrogen and oxygen atoms in total. The van der Waals surface area contributed by atoms with E-state index in [9.17, 15) is 0 Å². The van der Waals surface area contributed by atoms with Crippen molar-refractivity contribution in [1.82, 2.24) is 5.32 Å². The minimum absolute atomic E-state index is 0.558. The monoisotopic (exact) mass is 181 g/mol. The Kier molecular flexibility index (Phi) is 4.03. The Hall–Kier alpha value is -0.760. The van der Waals surface area contributed by atoms with Crippen LogP contribution < -0.4 is 5.32 Å². The van der Waals surface area contributed by atoms with Crippen molar-refractivity contribution >= 4 is 0 Å². The molecule has 1 aromatic heterocycles. The van der Waals surface area contributed by atoms with Gasteiger partial charge in [-0.3, -0.25) is 0 Å². The highest BCUT2D eigenvalue weighted by molar-refractivity contribution is 5.07. The van der Waals surface area contributed by atoms with E-state index >= 15 is 0 Å². The summed E-state index contributed by atoms with van der Waals surface area (Å²) in [6, 6.07) is 2.59. The molecule has 1 atom stereocenters. The second-order valence-corrected chi connectivity index (χ2v) is 3.74. The van der Waals surface area contributed by atoms with Gasteiger partial charge < -0.3 is 9.73 Å². The van der Waals surface area contributed by atoms with Crippen molar-refractivity contribution in [3.63, 3.8) is 0 Å². The SMILES string of the molecule is CCNC(Cc1ccoc1)C(C)C. The lowest BCUT2D eigenvalue weighted by Gasteiger charge is -2.20. The molecule has 1 N–H and O–H groups in total. The molecule has 1 heterocycles. The van der Waals surface area contributed by atoms with Crippen molar-refractivity contribution < 1.29 is 4.42 Å². The van der Waals surface area contributed by atoms with Gasteiger partial charge in [-0.05, 0) is 30.5 Å². The summed E-state index contributed by atoms with van der Waals surface area (Å²) in [7, 11) is 0. The maximum atomic E-state index is 5.05. The smallest absolute Gasteiger partial charge is 0.0935 e. The highest BCUT2D eigenvalue weighted by Gasteiger charge is 2.12. The molecule has 0 aliphatic rings. The average molecular weight is 181 g/mol. The van der Waals surface area contributed by atoms with Crippen molar-refractivity contribution in [1.29, 1.82) is 0 Å². The van der Waals surface area contributed by atoms with Crippen LogP contribution in [0.25, 0.3) is 0 Å². The molecule has 13 heavy (non-hydrogen) atoms. The topological polar surface area (TPSA) is 25.2 Å². The van der Waals surface area contributed by atoms with E-state index in [2.05, 4.69) is 26.1 Å². The van der Waals surface area contributed by atoms with E-state index in [-0.39, 0.29) is 0 Å². The average Bonchev–Trinajstić information content (AvgIpc) is 2.56. The highest BCUT2D eigenvalue weighted by Crippen LogP contribution is 2.10. The van der Waals surface area contributed by atoms with Crippen LogP contribution in [0.5, 0.6) is 0 Å². The summed E-state index contributed by atoms with van der Waals surface area (Å²) in [6.45, 7) is 7.66. The first-order valence-corrected chi connectivity index (χ1v) is 4.98. The van der Waals surface area contributed by atoms with Gasteiger partial charge in [0.1, 0.15) is 0 Å². The van der Waals surface area contributed by atoms with Crippen molar-refractivity contribution in [2.24, 2.45) is 5.92 Å². The number of nitrogens with one attached hydrogen (secondary N) is 1. The third-order valence-corrected chi connectivity index (χ3v) is 2.31. The van der Waals surface area contributed by atoms with Gasteiger partial charge in [0.2, 0.25) is 0 Å². The van der Waals surface area contributed by atoms with Gasteiger partial charge in [-0.2, -0.15) is 0 Å². The molecule has 1 unspecified atom stereocenters. The summed E-state index contributed by atoms with van der Waals surface area (Å²) in [5.74, 6) is 0.662. The number of hydrogen-bond acceptors (Lipinski definition) is 2. The minimum Gasteiger partial charge on any atom is -0.472 e. The van der Waals surface area contributed by atoms with Gasteiger partial charge in [0.05, 0.1) is 12.5 Å². The van der Waals surface area contributed by atoms with Crippen molar-refractivity contribution in [2.45, 2.75) is 33.2 Å². The molecule has 0 fully saturated rings. The number of hydrogen-bond donors (Lipinski definition) is 1. The van der Waals surface area contributed by atoms with E-state index in [1.807, 2.05) is 12.3 Å². The van der Waals surface area contributed by atoms with Crippen LogP contribution in [0, 0.1) is 5.92 Å². The summed E-state index contributed by atoms with van der Waals surface area (Å²) in [4.78, 5) is 0. The fourth-order valence-electron chi connectivity index (χ4n) is 1.47. The molecule has 1 aromatic rings. The van der Waals surface area contributed by atoms with E-state index in [4.69, 9.17) is 4.42 Å².